The molecule has 25 heavy (non-hydrogen) atoms. The van der Waals surface area contributed by atoms with Crippen LogP contribution in [0.1, 0.15) is 67.0 Å². The molecule has 2 aliphatic rings. The van der Waals surface area contributed by atoms with Crippen LogP contribution in [0.2, 0.25) is 0 Å². The fourth-order valence-corrected chi connectivity index (χ4v) is 4.41. The van der Waals surface area contributed by atoms with Gasteiger partial charge >= 0.3 is 0 Å². The highest BCUT2D eigenvalue weighted by Crippen LogP contribution is 2.41. The first-order valence-electron chi connectivity index (χ1n) is 9.19. The minimum absolute atomic E-state index is 0.105. The van der Waals surface area contributed by atoms with Crippen LogP contribution in [0.5, 0.6) is 0 Å². The number of nitriles is 1. The van der Waals surface area contributed by atoms with Crippen LogP contribution in [0, 0.1) is 11.3 Å². The third-order valence-corrected chi connectivity index (χ3v) is 5.69. The Labute approximate surface area is 147 Å². The summed E-state index contributed by atoms with van der Waals surface area (Å²) in [5.74, 6) is 0.794. The zero-order chi connectivity index (χ0) is 17.4. The standard InChI is InChI=1S/C19H24N6/c20-9-14-17(13-8-12(21)6-7-16(13)24-19(14)22)15-10-23-25-18(15)11-4-2-1-3-5-11/h10-12H,1-8,21H2,(H2,22,24)(H,23,25)/t12-/m0/s1. The Morgan fingerprint density at radius 3 is 2.76 bits per heavy atom. The maximum absolute atomic E-state index is 9.73. The number of H-pyrrole nitrogens is 1. The Morgan fingerprint density at radius 2 is 2.00 bits per heavy atom. The van der Waals surface area contributed by atoms with E-state index in [2.05, 4.69) is 21.3 Å². The molecule has 0 saturated heterocycles. The van der Waals surface area contributed by atoms with Crippen LogP contribution in [0.3, 0.4) is 0 Å². The monoisotopic (exact) mass is 336 g/mol. The van der Waals surface area contributed by atoms with Crippen molar-refractivity contribution in [2.45, 2.75) is 63.3 Å². The van der Waals surface area contributed by atoms with Crippen molar-refractivity contribution in [2.24, 2.45) is 5.73 Å². The Balaban J connectivity index is 1.90. The van der Waals surface area contributed by atoms with Crippen LogP contribution < -0.4 is 11.5 Å². The number of hydrogen-bond donors (Lipinski definition) is 3. The number of aromatic amines is 1. The van der Waals surface area contributed by atoms with E-state index in [4.69, 9.17) is 11.5 Å². The summed E-state index contributed by atoms with van der Waals surface area (Å²) in [6.07, 6.45) is 10.4. The Kier molecular flexibility index (Phi) is 4.18. The third kappa shape index (κ3) is 2.79. The summed E-state index contributed by atoms with van der Waals surface area (Å²) in [6, 6.07) is 2.38. The van der Waals surface area contributed by atoms with Gasteiger partial charge in [0.2, 0.25) is 0 Å². The smallest absolute Gasteiger partial charge is 0.142 e. The fraction of sp³-hybridized carbons (Fsp3) is 0.526. The van der Waals surface area contributed by atoms with Crippen molar-refractivity contribution in [1.29, 1.82) is 5.26 Å². The number of rotatable bonds is 2. The first-order chi connectivity index (χ1) is 12.2. The highest BCUT2D eigenvalue weighted by Gasteiger charge is 2.29. The maximum Gasteiger partial charge on any atom is 0.142 e. The first kappa shape index (κ1) is 16.1. The van der Waals surface area contributed by atoms with Crippen LogP contribution in [0.4, 0.5) is 5.82 Å². The molecule has 0 aromatic carbocycles. The molecule has 130 valence electrons. The Bertz CT molecular complexity index is 825. The number of hydrogen-bond acceptors (Lipinski definition) is 5. The Hall–Kier alpha value is -2.39. The summed E-state index contributed by atoms with van der Waals surface area (Å²) >= 11 is 0. The minimum atomic E-state index is 0.105. The topological polar surface area (TPSA) is 117 Å². The van der Waals surface area contributed by atoms with Crippen molar-refractivity contribution in [3.8, 4) is 17.2 Å². The van der Waals surface area contributed by atoms with Crippen molar-refractivity contribution in [3.63, 3.8) is 0 Å². The molecule has 2 aromatic heterocycles. The van der Waals surface area contributed by atoms with Crippen molar-refractivity contribution >= 4 is 5.82 Å². The van der Waals surface area contributed by atoms with Gasteiger partial charge < -0.3 is 11.5 Å². The molecular formula is C19H24N6. The van der Waals surface area contributed by atoms with Gasteiger partial charge in [0.25, 0.3) is 0 Å². The molecule has 5 N–H and O–H groups in total. The molecule has 0 radical (unpaired) electrons. The molecule has 6 heteroatoms. The van der Waals surface area contributed by atoms with Gasteiger partial charge in [0, 0.05) is 34.5 Å². The van der Waals surface area contributed by atoms with E-state index in [1.807, 2.05) is 6.20 Å². The number of nitrogen functional groups attached to an aromatic ring is 1. The molecule has 6 nitrogen and oxygen atoms in total. The molecule has 0 amide bonds. The third-order valence-electron chi connectivity index (χ3n) is 5.69. The molecule has 1 fully saturated rings. The van der Waals surface area contributed by atoms with Crippen LogP contribution >= 0.6 is 0 Å². The zero-order valence-electron chi connectivity index (χ0n) is 14.4. The van der Waals surface area contributed by atoms with Crippen LogP contribution in [0.15, 0.2) is 6.20 Å². The van der Waals surface area contributed by atoms with Gasteiger partial charge in [-0.25, -0.2) is 4.98 Å². The lowest BCUT2D eigenvalue weighted by Crippen LogP contribution is -2.29. The molecule has 0 unspecified atom stereocenters. The van der Waals surface area contributed by atoms with E-state index in [-0.39, 0.29) is 6.04 Å². The molecule has 0 bridgehead atoms. The van der Waals surface area contributed by atoms with E-state index < -0.39 is 0 Å². The lowest BCUT2D eigenvalue weighted by molar-refractivity contribution is 0.437. The number of fused-ring (bicyclic) bond motifs is 1. The fourth-order valence-electron chi connectivity index (χ4n) is 4.41. The van der Waals surface area contributed by atoms with Gasteiger partial charge in [-0.15, -0.1) is 0 Å². The van der Waals surface area contributed by atoms with Crippen molar-refractivity contribution < 1.29 is 0 Å². The number of nitrogens with one attached hydrogen (secondary N) is 1. The van der Waals surface area contributed by atoms with Crippen molar-refractivity contribution in [1.82, 2.24) is 15.2 Å². The molecule has 0 aliphatic heterocycles. The molecule has 2 heterocycles. The zero-order valence-corrected chi connectivity index (χ0v) is 14.4. The number of nitrogens with zero attached hydrogens (tertiary/aromatic N) is 3. The van der Waals surface area contributed by atoms with Crippen LogP contribution in [-0.2, 0) is 12.8 Å². The quantitative estimate of drug-likeness (QED) is 0.779. The number of aromatic nitrogens is 3. The lowest BCUT2D eigenvalue weighted by Gasteiger charge is -2.26. The number of anilines is 1. The van der Waals surface area contributed by atoms with Gasteiger partial charge in [0.15, 0.2) is 0 Å². The van der Waals surface area contributed by atoms with Crippen molar-refractivity contribution in [2.75, 3.05) is 5.73 Å². The highest BCUT2D eigenvalue weighted by molar-refractivity contribution is 5.80. The second-order valence-corrected chi connectivity index (χ2v) is 7.32. The summed E-state index contributed by atoms with van der Waals surface area (Å²) in [4.78, 5) is 4.50. The summed E-state index contributed by atoms with van der Waals surface area (Å²) in [7, 11) is 0. The summed E-state index contributed by atoms with van der Waals surface area (Å²) in [6.45, 7) is 0. The first-order valence-corrected chi connectivity index (χ1v) is 9.19. The molecule has 2 aliphatic carbocycles. The average molecular weight is 336 g/mol. The van der Waals surface area contributed by atoms with Crippen LogP contribution in [0.25, 0.3) is 11.1 Å². The summed E-state index contributed by atoms with van der Waals surface area (Å²) in [5.41, 5.74) is 18.0. The summed E-state index contributed by atoms with van der Waals surface area (Å²) < 4.78 is 0. The normalized spacial score (nSPS) is 20.9. The van der Waals surface area contributed by atoms with E-state index in [1.165, 1.54) is 32.1 Å². The van der Waals surface area contributed by atoms with E-state index in [0.29, 0.717) is 17.3 Å². The second kappa shape index (κ2) is 6.49. The summed E-state index contributed by atoms with van der Waals surface area (Å²) in [5, 5.41) is 17.3. The number of nitrogens with two attached hydrogens (primary N) is 2. The molecule has 1 saturated carbocycles. The van der Waals surface area contributed by atoms with E-state index in [9.17, 15) is 5.26 Å². The van der Waals surface area contributed by atoms with Gasteiger partial charge in [0.1, 0.15) is 17.5 Å². The largest absolute Gasteiger partial charge is 0.383 e. The second-order valence-electron chi connectivity index (χ2n) is 7.32. The van der Waals surface area contributed by atoms with Crippen LogP contribution in [-0.4, -0.2) is 21.2 Å². The predicted molar refractivity (Wildman–Crippen MR) is 96.8 cm³/mol. The Morgan fingerprint density at radius 1 is 1.20 bits per heavy atom. The maximum atomic E-state index is 9.73. The molecule has 0 spiro atoms. The van der Waals surface area contributed by atoms with Gasteiger partial charge in [-0.05, 0) is 37.7 Å². The highest BCUT2D eigenvalue weighted by atomic mass is 15.1. The van der Waals surface area contributed by atoms with E-state index in [0.717, 1.165) is 47.3 Å². The molecule has 1 atom stereocenters. The molecular weight excluding hydrogens is 312 g/mol. The van der Waals surface area contributed by atoms with E-state index >= 15 is 0 Å². The number of pyridine rings is 1. The number of aryl methyl sites for hydroxylation is 1. The van der Waals surface area contributed by atoms with E-state index in [1.54, 1.807) is 0 Å². The van der Waals surface area contributed by atoms with Gasteiger partial charge in [-0.2, -0.15) is 10.4 Å². The predicted octanol–water partition coefficient (Wildman–Crippen LogP) is 2.79. The molecule has 4 rings (SSSR count). The molecule has 2 aromatic rings. The SMILES string of the molecule is N#Cc1c(N)nc2c(c1-c1cn[nH]c1C1CCCCC1)C[C@@H](N)CC2. The van der Waals surface area contributed by atoms with Crippen molar-refractivity contribution in [3.05, 3.63) is 28.7 Å². The average Bonchev–Trinajstić information content (AvgIpc) is 3.11. The minimum Gasteiger partial charge on any atom is -0.383 e. The lowest BCUT2D eigenvalue weighted by atomic mass is 9.81. The van der Waals surface area contributed by atoms with Gasteiger partial charge in [-0.1, -0.05) is 19.3 Å². The van der Waals surface area contributed by atoms with Gasteiger partial charge in [-0.3, -0.25) is 5.10 Å². The van der Waals surface area contributed by atoms with Gasteiger partial charge in [0.05, 0.1) is 6.20 Å².